The normalized spacial score (nSPS) is 17.7. The summed E-state index contributed by atoms with van der Waals surface area (Å²) in [4.78, 5) is 26.7. The van der Waals surface area contributed by atoms with Gasteiger partial charge in [0.05, 0.1) is 24.3 Å². The Balaban J connectivity index is 2.38. The Hall–Kier alpha value is -2.21. The number of aliphatic hydroxyl groups excluding tert-OH is 1. The van der Waals surface area contributed by atoms with Gasteiger partial charge < -0.3 is 14.7 Å². The smallest absolute Gasteiger partial charge is 0.290 e. The Kier molecular flexibility index (Phi) is 6.53. The molecule has 0 aliphatic carbocycles. The SMILES string of the molecule is CC(C)CC(=O)C1=C(O)C(=O)N(CCOC(C)C)C1c1ccc(F)cc1. The van der Waals surface area contributed by atoms with E-state index in [9.17, 15) is 19.1 Å². The van der Waals surface area contributed by atoms with Crippen LogP contribution in [-0.4, -0.2) is 41.0 Å². The zero-order valence-electron chi connectivity index (χ0n) is 15.7. The molecule has 0 aromatic heterocycles. The monoisotopic (exact) mass is 363 g/mol. The van der Waals surface area contributed by atoms with E-state index in [0.717, 1.165) is 0 Å². The molecule has 142 valence electrons. The molecule has 0 saturated carbocycles. The number of hydrogen-bond donors (Lipinski definition) is 1. The van der Waals surface area contributed by atoms with Gasteiger partial charge in [-0.3, -0.25) is 9.59 Å². The molecule has 1 heterocycles. The van der Waals surface area contributed by atoms with Gasteiger partial charge >= 0.3 is 0 Å². The van der Waals surface area contributed by atoms with Crippen LogP contribution in [0, 0.1) is 11.7 Å². The fourth-order valence-electron chi connectivity index (χ4n) is 3.03. The van der Waals surface area contributed by atoms with Crippen molar-refractivity contribution in [2.24, 2.45) is 5.92 Å². The Morgan fingerprint density at radius 1 is 1.23 bits per heavy atom. The van der Waals surface area contributed by atoms with Crippen LogP contribution in [-0.2, 0) is 14.3 Å². The molecule has 1 aromatic carbocycles. The van der Waals surface area contributed by atoms with Crippen LogP contribution in [0.3, 0.4) is 0 Å². The highest BCUT2D eigenvalue weighted by molar-refractivity contribution is 6.09. The van der Waals surface area contributed by atoms with E-state index in [1.54, 1.807) is 0 Å². The molecule has 1 unspecified atom stereocenters. The molecule has 0 radical (unpaired) electrons. The molecule has 0 spiro atoms. The molecule has 6 heteroatoms. The highest BCUT2D eigenvalue weighted by Gasteiger charge is 2.43. The van der Waals surface area contributed by atoms with Gasteiger partial charge in [-0.2, -0.15) is 0 Å². The summed E-state index contributed by atoms with van der Waals surface area (Å²) in [5.74, 6) is -1.71. The molecule has 1 atom stereocenters. The van der Waals surface area contributed by atoms with Crippen LogP contribution in [0.1, 0.15) is 45.7 Å². The van der Waals surface area contributed by atoms with Gasteiger partial charge in [-0.05, 0) is 37.5 Å². The van der Waals surface area contributed by atoms with E-state index in [1.807, 2.05) is 27.7 Å². The zero-order valence-corrected chi connectivity index (χ0v) is 15.7. The number of halogens is 1. The number of nitrogens with zero attached hydrogens (tertiary/aromatic N) is 1. The average molecular weight is 363 g/mol. The van der Waals surface area contributed by atoms with Crippen LogP contribution in [0.2, 0.25) is 0 Å². The molecule has 0 bridgehead atoms. The zero-order chi connectivity index (χ0) is 19.4. The molecule has 1 aromatic rings. The van der Waals surface area contributed by atoms with Crippen molar-refractivity contribution >= 4 is 11.7 Å². The fourth-order valence-corrected chi connectivity index (χ4v) is 3.03. The lowest BCUT2D eigenvalue weighted by molar-refractivity contribution is -0.130. The minimum absolute atomic E-state index is 0.000533. The van der Waals surface area contributed by atoms with Crippen molar-refractivity contribution in [2.45, 2.75) is 46.3 Å². The number of ether oxygens (including phenoxy) is 1. The van der Waals surface area contributed by atoms with Gasteiger partial charge in [-0.15, -0.1) is 0 Å². The van der Waals surface area contributed by atoms with Crippen LogP contribution in [0.15, 0.2) is 35.6 Å². The van der Waals surface area contributed by atoms with Gasteiger partial charge in [-0.1, -0.05) is 26.0 Å². The number of amides is 1. The van der Waals surface area contributed by atoms with Gasteiger partial charge in [-0.25, -0.2) is 4.39 Å². The number of ketones is 1. The fraction of sp³-hybridized carbons (Fsp3) is 0.500. The molecule has 1 aliphatic heterocycles. The molecule has 0 fully saturated rings. The van der Waals surface area contributed by atoms with Crippen molar-refractivity contribution in [1.29, 1.82) is 0 Å². The Labute approximate surface area is 153 Å². The molecule has 0 saturated heterocycles. The van der Waals surface area contributed by atoms with E-state index in [2.05, 4.69) is 0 Å². The van der Waals surface area contributed by atoms with Gasteiger partial charge in [0.2, 0.25) is 0 Å². The third-order valence-electron chi connectivity index (χ3n) is 4.17. The van der Waals surface area contributed by atoms with Gasteiger partial charge in [0.15, 0.2) is 11.5 Å². The quantitative estimate of drug-likeness (QED) is 0.767. The lowest BCUT2D eigenvalue weighted by Gasteiger charge is -2.27. The second-order valence-corrected chi connectivity index (χ2v) is 7.16. The maximum absolute atomic E-state index is 13.3. The van der Waals surface area contributed by atoms with Crippen LogP contribution >= 0.6 is 0 Å². The first-order valence-corrected chi connectivity index (χ1v) is 8.86. The van der Waals surface area contributed by atoms with Crippen molar-refractivity contribution in [2.75, 3.05) is 13.2 Å². The largest absolute Gasteiger partial charge is 0.503 e. The van der Waals surface area contributed by atoms with E-state index in [-0.39, 0.29) is 43.0 Å². The molecule has 1 aliphatic rings. The van der Waals surface area contributed by atoms with Crippen molar-refractivity contribution in [3.05, 3.63) is 47.0 Å². The van der Waals surface area contributed by atoms with Crippen molar-refractivity contribution in [3.8, 4) is 0 Å². The minimum atomic E-state index is -0.731. The first-order chi connectivity index (χ1) is 12.2. The summed E-state index contributed by atoms with van der Waals surface area (Å²) in [6.45, 7) is 8.07. The topological polar surface area (TPSA) is 66.8 Å². The van der Waals surface area contributed by atoms with E-state index in [1.165, 1.54) is 29.2 Å². The number of benzene rings is 1. The third kappa shape index (κ3) is 4.49. The van der Waals surface area contributed by atoms with Crippen LogP contribution in [0.4, 0.5) is 4.39 Å². The summed E-state index contributed by atoms with van der Waals surface area (Å²) < 4.78 is 18.8. The summed E-state index contributed by atoms with van der Waals surface area (Å²) in [6.07, 6.45) is 0.223. The summed E-state index contributed by atoms with van der Waals surface area (Å²) in [5.41, 5.74) is 0.667. The van der Waals surface area contributed by atoms with Gasteiger partial charge in [0.25, 0.3) is 5.91 Å². The standard InChI is InChI=1S/C20H26FNO4/c1-12(2)11-16(23)17-18(14-5-7-15(21)8-6-14)22(20(25)19(17)24)9-10-26-13(3)4/h5-8,12-13,18,24H,9-11H2,1-4H3. The van der Waals surface area contributed by atoms with Crippen LogP contribution in [0.25, 0.3) is 0 Å². The molecular formula is C20H26FNO4. The number of aliphatic hydroxyl groups is 1. The average Bonchev–Trinajstić information content (AvgIpc) is 2.79. The Morgan fingerprint density at radius 2 is 1.85 bits per heavy atom. The van der Waals surface area contributed by atoms with Gasteiger partial charge in [0.1, 0.15) is 5.82 Å². The maximum Gasteiger partial charge on any atom is 0.290 e. The highest BCUT2D eigenvalue weighted by atomic mass is 19.1. The summed E-state index contributed by atoms with van der Waals surface area (Å²) in [7, 11) is 0. The second-order valence-electron chi connectivity index (χ2n) is 7.16. The second kappa shape index (κ2) is 8.45. The molecular weight excluding hydrogens is 337 g/mol. The third-order valence-corrected chi connectivity index (χ3v) is 4.17. The molecule has 26 heavy (non-hydrogen) atoms. The first kappa shape index (κ1) is 20.1. The summed E-state index contributed by atoms with van der Waals surface area (Å²) >= 11 is 0. The van der Waals surface area contributed by atoms with Crippen LogP contribution in [0.5, 0.6) is 0 Å². The van der Waals surface area contributed by atoms with E-state index in [4.69, 9.17) is 4.74 Å². The first-order valence-electron chi connectivity index (χ1n) is 8.86. The molecule has 1 N–H and O–H groups in total. The number of carbonyl (C=O) groups excluding carboxylic acids is 2. The predicted octanol–water partition coefficient (Wildman–Crippen LogP) is 3.56. The number of hydrogen-bond acceptors (Lipinski definition) is 4. The molecule has 5 nitrogen and oxygen atoms in total. The summed E-state index contributed by atoms with van der Waals surface area (Å²) in [6, 6.07) is 4.89. The maximum atomic E-state index is 13.3. The van der Waals surface area contributed by atoms with E-state index in [0.29, 0.717) is 5.56 Å². The highest BCUT2D eigenvalue weighted by Crippen LogP contribution is 2.38. The minimum Gasteiger partial charge on any atom is -0.503 e. The van der Waals surface area contributed by atoms with E-state index >= 15 is 0 Å². The number of rotatable bonds is 8. The molecule has 2 rings (SSSR count). The Bertz CT molecular complexity index is 694. The predicted molar refractivity (Wildman–Crippen MR) is 96.1 cm³/mol. The number of Topliss-reactive ketones (excluding diaryl/α,β-unsaturated/α-hetero) is 1. The Morgan fingerprint density at radius 3 is 2.38 bits per heavy atom. The lowest BCUT2D eigenvalue weighted by atomic mass is 9.92. The van der Waals surface area contributed by atoms with Crippen molar-refractivity contribution in [3.63, 3.8) is 0 Å². The number of carbonyl (C=O) groups is 2. The molecule has 1 amide bonds. The van der Waals surface area contributed by atoms with E-state index < -0.39 is 23.5 Å². The van der Waals surface area contributed by atoms with Crippen molar-refractivity contribution < 1.29 is 23.8 Å². The van der Waals surface area contributed by atoms with Crippen LogP contribution < -0.4 is 0 Å². The van der Waals surface area contributed by atoms with Crippen molar-refractivity contribution in [1.82, 2.24) is 4.90 Å². The summed E-state index contributed by atoms with van der Waals surface area (Å²) in [5, 5.41) is 10.4. The lowest BCUT2D eigenvalue weighted by Crippen LogP contribution is -2.34. The van der Waals surface area contributed by atoms with Gasteiger partial charge in [0, 0.05) is 13.0 Å².